The first-order chi connectivity index (χ1) is 20.8. The molecular formula is C31H54N2O12S2. The molecule has 0 aromatic carbocycles. The maximum Gasteiger partial charge on any atom is 0.338 e. The highest BCUT2D eigenvalue weighted by Gasteiger charge is 2.52. The van der Waals surface area contributed by atoms with E-state index in [0.29, 0.717) is 0 Å². The maximum atomic E-state index is 12.5. The minimum Gasteiger partial charge on any atom is -0.480 e. The number of carboxylic acids is 2. The zero-order valence-corrected chi connectivity index (χ0v) is 31.5. The van der Waals surface area contributed by atoms with Crippen LogP contribution in [0.15, 0.2) is 11.6 Å². The van der Waals surface area contributed by atoms with Gasteiger partial charge in [-0.2, -0.15) is 12.6 Å². The topological polar surface area (TPSA) is 218 Å². The van der Waals surface area contributed by atoms with Crippen LogP contribution in [-0.4, -0.2) is 96.9 Å². The number of hydrogen-bond acceptors (Lipinski definition) is 14. The number of carboxylic acid groups (broad SMARTS) is 2. The van der Waals surface area contributed by atoms with Crippen molar-refractivity contribution in [2.24, 2.45) is 5.73 Å². The van der Waals surface area contributed by atoms with Crippen LogP contribution in [0.5, 0.6) is 0 Å². The summed E-state index contributed by atoms with van der Waals surface area (Å²) < 4.78 is 20.8. The van der Waals surface area contributed by atoms with Crippen LogP contribution in [0.2, 0.25) is 0 Å². The molecule has 3 unspecified atom stereocenters. The zero-order chi connectivity index (χ0) is 37.8. The molecule has 0 amide bonds. The van der Waals surface area contributed by atoms with E-state index in [0.717, 1.165) is 17.8 Å². The van der Waals surface area contributed by atoms with Gasteiger partial charge in [-0.05, 0) is 90.0 Å². The summed E-state index contributed by atoms with van der Waals surface area (Å²) in [6.07, 6.45) is 0.854. The molecule has 1 saturated heterocycles. The number of thioether (sulfide) groups is 1. The van der Waals surface area contributed by atoms with E-state index in [1.807, 2.05) is 0 Å². The summed E-state index contributed by atoms with van der Waals surface area (Å²) in [4.78, 5) is 67.2. The molecule has 272 valence electrons. The summed E-state index contributed by atoms with van der Waals surface area (Å²) >= 11 is 4.71. The van der Waals surface area contributed by atoms with Crippen LogP contribution in [-0.2, 0) is 47.7 Å². The van der Waals surface area contributed by atoms with Crippen molar-refractivity contribution in [3.63, 3.8) is 0 Å². The van der Waals surface area contributed by atoms with Gasteiger partial charge in [0.25, 0.3) is 0 Å². The molecule has 3 atom stereocenters. The first kappa shape index (κ1) is 46.3. The van der Waals surface area contributed by atoms with E-state index in [1.165, 1.54) is 6.92 Å². The summed E-state index contributed by atoms with van der Waals surface area (Å²) in [5.41, 5.74) is 2.59. The zero-order valence-electron chi connectivity index (χ0n) is 29.8. The van der Waals surface area contributed by atoms with E-state index in [1.54, 1.807) is 83.1 Å². The molecule has 1 aliphatic heterocycles. The van der Waals surface area contributed by atoms with Crippen LogP contribution in [0, 0.1) is 0 Å². The lowest BCUT2D eigenvalue weighted by Gasteiger charge is -2.31. The number of carbonyl (C=O) groups is 6. The predicted molar refractivity (Wildman–Crippen MR) is 181 cm³/mol. The van der Waals surface area contributed by atoms with Gasteiger partial charge >= 0.3 is 35.8 Å². The lowest BCUT2D eigenvalue weighted by Crippen LogP contribution is -2.54. The molecule has 0 aromatic rings. The summed E-state index contributed by atoms with van der Waals surface area (Å²) in [5, 5.41) is 19.9. The fourth-order valence-electron chi connectivity index (χ4n) is 2.96. The number of thiol groups is 1. The average Bonchev–Trinajstić information content (AvgIpc) is 3.25. The van der Waals surface area contributed by atoms with Crippen molar-refractivity contribution in [1.29, 1.82) is 0 Å². The Balaban J connectivity index is 0. The van der Waals surface area contributed by atoms with Crippen molar-refractivity contribution < 1.29 is 57.9 Å². The third kappa shape index (κ3) is 22.4. The first-order valence-electron chi connectivity index (χ1n) is 14.7. The second kappa shape index (κ2) is 18.7. The molecule has 0 aromatic heterocycles. The number of nitrogens with two attached hydrogens (primary N) is 1. The number of hydrogen-bond donors (Lipinski definition) is 5. The fourth-order valence-corrected chi connectivity index (χ4v) is 4.40. The number of aliphatic carboxylic acids is 2. The molecule has 14 nitrogen and oxygen atoms in total. The van der Waals surface area contributed by atoms with Gasteiger partial charge in [-0.3, -0.25) is 19.7 Å². The van der Waals surface area contributed by atoms with Gasteiger partial charge in [0.05, 0.1) is 6.42 Å². The highest BCUT2D eigenvalue weighted by molar-refractivity contribution is 8.01. The SMILES string of the molecule is C/C(=C\C(=O)OC(C)(C)C)C(=O)OC(C)(C)C.CC(C)(C)OC(=O)CC1(C(=O)OC(C)(C)C)NC(C(=O)O)CS1.NC(CS)C(=O)O. The van der Waals surface area contributed by atoms with Crippen LogP contribution in [0.1, 0.15) is 96.4 Å². The normalized spacial score (nSPS) is 19.0. The Bertz CT molecular complexity index is 1150. The van der Waals surface area contributed by atoms with Crippen LogP contribution in [0.4, 0.5) is 0 Å². The van der Waals surface area contributed by atoms with Crippen molar-refractivity contribution in [3.05, 3.63) is 11.6 Å². The van der Waals surface area contributed by atoms with Gasteiger partial charge < -0.3 is 34.9 Å². The Morgan fingerprint density at radius 1 is 0.851 bits per heavy atom. The Morgan fingerprint density at radius 3 is 1.62 bits per heavy atom. The molecular weight excluding hydrogens is 656 g/mol. The van der Waals surface area contributed by atoms with Crippen molar-refractivity contribution in [1.82, 2.24) is 5.32 Å². The number of carbonyl (C=O) groups excluding carboxylic acids is 4. The Morgan fingerprint density at radius 2 is 1.30 bits per heavy atom. The Kier molecular flexibility index (Phi) is 18.4. The second-order valence-electron chi connectivity index (χ2n) is 14.4. The van der Waals surface area contributed by atoms with Crippen molar-refractivity contribution in [2.75, 3.05) is 11.5 Å². The number of ether oxygens (including phenoxy) is 4. The van der Waals surface area contributed by atoms with Gasteiger partial charge in [0.1, 0.15) is 34.5 Å². The van der Waals surface area contributed by atoms with Crippen molar-refractivity contribution in [3.8, 4) is 0 Å². The van der Waals surface area contributed by atoms with E-state index in [9.17, 15) is 28.8 Å². The summed E-state index contributed by atoms with van der Waals surface area (Å²) in [6.45, 7) is 22.4. The quantitative estimate of drug-likeness (QED) is 0.105. The van der Waals surface area contributed by atoms with Crippen molar-refractivity contribution >= 4 is 60.2 Å². The highest BCUT2D eigenvalue weighted by Crippen LogP contribution is 2.37. The minimum absolute atomic E-state index is 0.164. The molecule has 16 heteroatoms. The highest BCUT2D eigenvalue weighted by atomic mass is 32.2. The largest absolute Gasteiger partial charge is 0.480 e. The van der Waals surface area contributed by atoms with Crippen LogP contribution in [0.25, 0.3) is 0 Å². The molecule has 1 rings (SSSR count). The predicted octanol–water partition coefficient (Wildman–Crippen LogP) is 3.49. The molecule has 1 fully saturated rings. The standard InChI is InChI=1S/C15H25NO6S.C13H22O4.C3H7NO2S/c1-13(2,3)21-10(17)7-15(12(20)22-14(4,5)6)16-9(8-23-15)11(18)19;1-9(11(15)17-13(5,6)7)8-10(14)16-12(2,3)4;4-2(1-7)3(5)6/h9,16H,7-8H2,1-6H3,(H,18,19);8H,1-7H3;2,7H,1,4H2,(H,5,6)/b;9-8+;. The average molecular weight is 711 g/mol. The smallest absolute Gasteiger partial charge is 0.338 e. The molecule has 47 heavy (non-hydrogen) atoms. The second-order valence-corrected chi connectivity index (χ2v) is 16.1. The Hall–Kier alpha value is -2.82. The number of rotatable bonds is 8. The third-order valence-corrected chi connectivity index (χ3v) is 6.53. The lowest BCUT2D eigenvalue weighted by molar-refractivity contribution is -0.166. The van der Waals surface area contributed by atoms with Gasteiger partial charge in [-0.1, -0.05) is 0 Å². The van der Waals surface area contributed by atoms with E-state index in [4.69, 9.17) is 34.9 Å². The number of esters is 4. The van der Waals surface area contributed by atoms with Gasteiger partial charge in [-0.25, -0.2) is 14.4 Å². The molecule has 5 N–H and O–H groups in total. The summed E-state index contributed by atoms with van der Waals surface area (Å²) in [7, 11) is 0. The van der Waals surface area contributed by atoms with E-state index >= 15 is 0 Å². The van der Waals surface area contributed by atoms with Crippen LogP contribution >= 0.6 is 24.4 Å². The molecule has 0 spiro atoms. The fraction of sp³-hybridized carbons (Fsp3) is 0.742. The van der Waals surface area contributed by atoms with Crippen molar-refractivity contribution in [2.45, 2.75) is 136 Å². The van der Waals surface area contributed by atoms with E-state index in [-0.39, 0.29) is 23.5 Å². The molecule has 0 bridgehead atoms. The van der Waals surface area contributed by atoms with E-state index < -0.39 is 75.2 Å². The van der Waals surface area contributed by atoms with Crippen LogP contribution in [0.3, 0.4) is 0 Å². The van der Waals surface area contributed by atoms with Gasteiger partial charge in [0.2, 0.25) is 0 Å². The van der Waals surface area contributed by atoms with Gasteiger partial charge in [-0.15, -0.1) is 11.8 Å². The molecule has 0 radical (unpaired) electrons. The minimum atomic E-state index is -1.45. The molecule has 1 aliphatic rings. The van der Waals surface area contributed by atoms with Gasteiger partial charge in [0.15, 0.2) is 4.87 Å². The molecule has 0 saturated carbocycles. The van der Waals surface area contributed by atoms with Crippen LogP contribution < -0.4 is 11.1 Å². The number of nitrogens with one attached hydrogen (secondary N) is 1. The molecule has 0 aliphatic carbocycles. The van der Waals surface area contributed by atoms with E-state index in [2.05, 4.69) is 17.9 Å². The maximum absolute atomic E-state index is 12.5. The Labute approximate surface area is 287 Å². The molecule has 1 heterocycles. The monoisotopic (exact) mass is 710 g/mol. The summed E-state index contributed by atoms with van der Waals surface area (Å²) in [6, 6.07) is -1.74. The summed E-state index contributed by atoms with van der Waals surface area (Å²) in [5.74, 6) is -4.03. The lowest BCUT2D eigenvalue weighted by atomic mass is 10.1. The third-order valence-electron chi connectivity index (χ3n) is 4.72. The first-order valence-corrected chi connectivity index (χ1v) is 16.3. The van der Waals surface area contributed by atoms with Gasteiger partial charge in [0, 0.05) is 23.2 Å².